The first-order valence-corrected chi connectivity index (χ1v) is 10.6. The maximum absolute atomic E-state index is 11.2. The van der Waals surface area contributed by atoms with Crippen LogP contribution < -0.4 is 0 Å². The van der Waals surface area contributed by atoms with Crippen LogP contribution in [-0.4, -0.2) is 29.4 Å². The van der Waals surface area contributed by atoms with Crippen molar-refractivity contribution in [2.24, 2.45) is 0 Å². The van der Waals surface area contributed by atoms with Gasteiger partial charge in [-0.05, 0) is 25.7 Å². The van der Waals surface area contributed by atoms with E-state index in [-0.39, 0.29) is 6.10 Å². The van der Waals surface area contributed by atoms with Gasteiger partial charge in [0.25, 0.3) is 10.1 Å². The fraction of sp³-hybridized carbons (Fsp3) is 1.00. The van der Waals surface area contributed by atoms with Gasteiger partial charge in [0, 0.05) is 0 Å². The Kier molecular flexibility index (Phi) is 13.2. The Morgan fingerprint density at radius 1 is 0.727 bits per heavy atom. The van der Waals surface area contributed by atoms with E-state index in [4.69, 9.17) is 4.55 Å². The Balaban J connectivity index is 3.56. The molecular formula is C17H36O4S. The molecule has 0 aliphatic carbocycles. The van der Waals surface area contributed by atoms with Crippen LogP contribution in [0.4, 0.5) is 0 Å². The van der Waals surface area contributed by atoms with Crippen molar-refractivity contribution < 1.29 is 18.1 Å². The van der Waals surface area contributed by atoms with E-state index in [1.54, 1.807) is 0 Å². The van der Waals surface area contributed by atoms with Crippen LogP contribution in [-0.2, 0) is 10.1 Å². The van der Waals surface area contributed by atoms with Gasteiger partial charge in [0.05, 0.1) is 11.4 Å². The van der Waals surface area contributed by atoms with E-state index >= 15 is 0 Å². The summed E-state index contributed by atoms with van der Waals surface area (Å²) in [6, 6.07) is 0. The molecule has 0 aromatic carbocycles. The van der Waals surface area contributed by atoms with Crippen molar-refractivity contribution >= 4 is 10.1 Å². The first-order valence-electron chi connectivity index (χ1n) is 9.06. The molecule has 2 unspecified atom stereocenters. The highest BCUT2D eigenvalue weighted by molar-refractivity contribution is 7.86. The topological polar surface area (TPSA) is 74.6 Å². The van der Waals surface area contributed by atoms with Gasteiger partial charge in [-0.1, -0.05) is 71.6 Å². The first-order chi connectivity index (χ1) is 10.4. The molecule has 0 radical (unpaired) electrons. The number of hydrogen-bond acceptors (Lipinski definition) is 3. The summed E-state index contributed by atoms with van der Waals surface area (Å²) in [6.07, 6.45) is 12.1. The van der Waals surface area contributed by atoms with Gasteiger partial charge in [-0.3, -0.25) is 4.55 Å². The SMILES string of the molecule is CCCCCC(O)CCCCCCCC(CCC)S(=O)(=O)O. The van der Waals surface area contributed by atoms with Crippen molar-refractivity contribution in [2.75, 3.05) is 0 Å². The van der Waals surface area contributed by atoms with E-state index in [0.29, 0.717) is 12.8 Å². The van der Waals surface area contributed by atoms with E-state index in [1.165, 1.54) is 12.8 Å². The molecule has 134 valence electrons. The minimum Gasteiger partial charge on any atom is -0.393 e. The Morgan fingerprint density at radius 2 is 1.23 bits per heavy atom. The Morgan fingerprint density at radius 3 is 1.73 bits per heavy atom. The molecule has 0 spiro atoms. The summed E-state index contributed by atoms with van der Waals surface area (Å²) >= 11 is 0. The summed E-state index contributed by atoms with van der Waals surface area (Å²) in [7, 11) is -3.88. The van der Waals surface area contributed by atoms with E-state index in [0.717, 1.165) is 57.8 Å². The maximum Gasteiger partial charge on any atom is 0.267 e. The normalized spacial score (nSPS) is 14.9. The lowest BCUT2D eigenvalue weighted by atomic mass is 10.0. The number of unbranched alkanes of at least 4 members (excludes halogenated alkanes) is 6. The lowest BCUT2D eigenvalue weighted by Crippen LogP contribution is -2.20. The second kappa shape index (κ2) is 13.3. The van der Waals surface area contributed by atoms with Crippen LogP contribution >= 0.6 is 0 Å². The van der Waals surface area contributed by atoms with Crippen LogP contribution in [0.2, 0.25) is 0 Å². The largest absolute Gasteiger partial charge is 0.393 e. The summed E-state index contributed by atoms with van der Waals surface area (Å²) in [6.45, 7) is 4.10. The highest BCUT2D eigenvalue weighted by atomic mass is 32.2. The third-order valence-corrected chi connectivity index (χ3v) is 5.55. The standard InChI is InChI=1S/C17H36O4S/c1-3-5-9-13-16(18)14-10-7-6-8-11-15-17(12-4-2)22(19,20)21/h16-18H,3-15H2,1-2H3,(H,19,20,21). The number of aliphatic hydroxyl groups is 1. The van der Waals surface area contributed by atoms with Crippen LogP contribution in [0.25, 0.3) is 0 Å². The van der Waals surface area contributed by atoms with Gasteiger partial charge in [0.15, 0.2) is 0 Å². The van der Waals surface area contributed by atoms with Gasteiger partial charge in [0.2, 0.25) is 0 Å². The number of rotatable bonds is 15. The molecule has 0 fully saturated rings. The molecule has 0 aliphatic rings. The average molecular weight is 337 g/mol. The zero-order valence-electron chi connectivity index (χ0n) is 14.5. The van der Waals surface area contributed by atoms with Crippen molar-refractivity contribution in [3.8, 4) is 0 Å². The molecule has 22 heavy (non-hydrogen) atoms. The Hall–Kier alpha value is -0.130. The van der Waals surface area contributed by atoms with E-state index in [2.05, 4.69) is 6.92 Å². The van der Waals surface area contributed by atoms with Crippen molar-refractivity contribution in [3.63, 3.8) is 0 Å². The molecule has 0 heterocycles. The fourth-order valence-electron chi connectivity index (χ4n) is 2.82. The maximum atomic E-state index is 11.2. The smallest absolute Gasteiger partial charge is 0.267 e. The molecule has 0 saturated heterocycles. The van der Waals surface area contributed by atoms with Gasteiger partial charge in [0.1, 0.15) is 0 Å². The number of aliphatic hydroxyl groups excluding tert-OH is 1. The zero-order chi connectivity index (χ0) is 16.8. The van der Waals surface area contributed by atoms with E-state index in [1.807, 2.05) is 6.92 Å². The van der Waals surface area contributed by atoms with Crippen molar-refractivity contribution in [1.82, 2.24) is 0 Å². The fourth-order valence-corrected chi connectivity index (χ4v) is 3.82. The average Bonchev–Trinajstić information content (AvgIpc) is 2.44. The van der Waals surface area contributed by atoms with Crippen LogP contribution in [0.15, 0.2) is 0 Å². The lowest BCUT2D eigenvalue weighted by molar-refractivity contribution is 0.147. The van der Waals surface area contributed by atoms with Crippen molar-refractivity contribution in [3.05, 3.63) is 0 Å². The van der Waals surface area contributed by atoms with Crippen LogP contribution in [0, 0.1) is 0 Å². The quantitative estimate of drug-likeness (QED) is 0.335. The van der Waals surface area contributed by atoms with Gasteiger partial charge in [-0.25, -0.2) is 0 Å². The van der Waals surface area contributed by atoms with E-state index in [9.17, 15) is 13.5 Å². The van der Waals surface area contributed by atoms with Crippen LogP contribution in [0.3, 0.4) is 0 Å². The van der Waals surface area contributed by atoms with Gasteiger partial charge in [-0.2, -0.15) is 8.42 Å². The summed E-state index contributed by atoms with van der Waals surface area (Å²) in [5.74, 6) is 0. The minimum atomic E-state index is -3.88. The molecule has 0 amide bonds. The molecule has 5 heteroatoms. The molecule has 0 rings (SSSR count). The van der Waals surface area contributed by atoms with Gasteiger partial charge in [-0.15, -0.1) is 0 Å². The molecule has 2 atom stereocenters. The van der Waals surface area contributed by atoms with Gasteiger partial charge >= 0.3 is 0 Å². The van der Waals surface area contributed by atoms with Crippen LogP contribution in [0.5, 0.6) is 0 Å². The first kappa shape index (κ1) is 21.9. The predicted molar refractivity (Wildman–Crippen MR) is 92.7 cm³/mol. The molecular weight excluding hydrogens is 300 g/mol. The monoisotopic (exact) mass is 336 g/mol. The molecule has 0 aromatic rings. The third kappa shape index (κ3) is 12.4. The minimum absolute atomic E-state index is 0.153. The van der Waals surface area contributed by atoms with Crippen LogP contribution in [0.1, 0.15) is 97.3 Å². The third-order valence-electron chi connectivity index (χ3n) is 4.24. The molecule has 4 nitrogen and oxygen atoms in total. The van der Waals surface area contributed by atoms with Crippen molar-refractivity contribution in [2.45, 2.75) is 109 Å². The molecule has 0 saturated carbocycles. The highest BCUT2D eigenvalue weighted by Gasteiger charge is 2.20. The lowest BCUT2D eigenvalue weighted by Gasteiger charge is -2.12. The summed E-state index contributed by atoms with van der Waals surface area (Å²) in [5, 5.41) is 9.22. The molecule has 0 aromatic heterocycles. The number of hydrogen-bond donors (Lipinski definition) is 2. The summed E-state index contributed by atoms with van der Waals surface area (Å²) in [4.78, 5) is 0. The van der Waals surface area contributed by atoms with Gasteiger partial charge < -0.3 is 5.11 Å². The molecule has 0 bridgehead atoms. The summed E-state index contributed by atoms with van der Waals surface area (Å²) in [5.41, 5.74) is 0. The Labute approximate surface area is 137 Å². The Bertz CT molecular complexity index is 341. The van der Waals surface area contributed by atoms with E-state index < -0.39 is 15.4 Å². The molecule has 2 N–H and O–H groups in total. The highest BCUT2D eigenvalue weighted by Crippen LogP contribution is 2.17. The predicted octanol–water partition coefficient (Wildman–Crippen LogP) is 4.71. The summed E-state index contributed by atoms with van der Waals surface area (Å²) < 4.78 is 31.5. The van der Waals surface area contributed by atoms with Crippen molar-refractivity contribution in [1.29, 1.82) is 0 Å². The zero-order valence-corrected chi connectivity index (χ0v) is 15.3. The molecule has 0 aliphatic heterocycles. The second-order valence-electron chi connectivity index (χ2n) is 6.42. The second-order valence-corrected chi connectivity index (χ2v) is 8.12.